The van der Waals surface area contributed by atoms with Crippen molar-refractivity contribution in [3.8, 4) is 0 Å². The minimum absolute atomic E-state index is 0. The fourth-order valence-electron chi connectivity index (χ4n) is 3.55. The van der Waals surface area contributed by atoms with Gasteiger partial charge in [0.25, 0.3) is 0 Å². The maximum Gasteiger partial charge on any atom is 0.419 e. The van der Waals surface area contributed by atoms with Crippen LogP contribution >= 0.6 is 12.4 Å². The number of rotatable bonds is 4. The second kappa shape index (κ2) is 8.37. The van der Waals surface area contributed by atoms with E-state index < -0.39 is 17.6 Å². The molecule has 0 bridgehead atoms. The first-order valence-corrected chi connectivity index (χ1v) is 8.21. The first-order valence-electron chi connectivity index (χ1n) is 8.21. The Hall–Kier alpha value is -1.63. The summed E-state index contributed by atoms with van der Waals surface area (Å²) in [6.45, 7) is 2.32. The molecule has 26 heavy (non-hydrogen) atoms. The van der Waals surface area contributed by atoms with Gasteiger partial charge in [0.1, 0.15) is 5.82 Å². The molecule has 1 saturated heterocycles. The van der Waals surface area contributed by atoms with Crippen LogP contribution in [0.3, 0.4) is 0 Å². The standard InChI is InChI=1S/C19H20F4N2.ClH/c20-18-7-6-13(8-17(18)19(21,22)23)10-25-11-15(9-24)16(12-25)14-4-2-1-3-5-14;/h1-8,15-16H,9-12,24H2;1H/t15-,16+;/m1./s1. The third-order valence-corrected chi connectivity index (χ3v) is 4.79. The van der Waals surface area contributed by atoms with Crippen LogP contribution in [-0.2, 0) is 12.7 Å². The molecule has 142 valence electrons. The molecule has 1 aliphatic heterocycles. The van der Waals surface area contributed by atoms with Crippen LogP contribution in [0.4, 0.5) is 17.6 Å². The normalized spacial score (nSPS) is 20.8. The third kappa shape index (κ3) is 4.55. The second-order valence-electron chi connectivity index (χ2n) is 6.52. The molecule has 1 fully saturated rings. The number of halogens is 5. The number of alkyl halides is 3. The Kier molecular flexibility index (Phi) is 6.66. The summed E-state index contributed by atoms with van der Waals surface area (Å²) in [4.78, 5) is 2.09. The Balaban J connectivity index is 0.00000243. The van der Waals surface area contributed by atoms with E-state index in [1.165, 1.54) is 11.6 Å². The van der Waals surface area contributed by atoms with Crippen molar-refractivity contribution in [3.63, 3.8) is 0 Å². The quantitative estimate of drug-likeness (QED) is 0.784. The smallest absolute Gasteiger partial charge is 0.330 e. The topological polar surface area (TPSA) is 29.3 Å². The van der Waals surface area contributed by atoms with Crippen LogP contribution in [-0.4, -0.2) is 24.5 Å². The van der Waals surface area contributed by atoms with E-state index in [0.29, 0.717) is 18.7 Å². The van der Waals surface area contributed by atoms with Gasteiger partial charge in [0.05, 0.1) is 5.56 Å². The predicted molar refractivity (Wildman–Crippen MR) is 95.7 cm³/mol. The molecule has 1 heterocycles. The third-order valence-electron chi connectivity index (χ3n) is 4.79. The Morgan fingerprint density at radius 3 is 2.35 bits per heavy atom. The van der Waals surface area contributed by atoms with Crippen molar-refractivity contribution in [2.45, 2.75) is 18.6 Å². The van der Waals surface area contributed by atoms with Gasteiger partial charge >= 0.3 is 6.18 Å². The molecule has 3 rings (SSSR count). The molecule has 2 nitrogen and oxygen atoms in total. The Labute approximate surface area is 156 Å². The molecule has 7 heteroatoms. The molecule has 0 radical (unpaired) electrons. The van der Waals surface area contributed by atoms with Gasteiger partial charge in [-0.1, -0.05) is 36.4 Å². The van der Waals surface area contributed by atoms with Crippen molar-refractivity contribution < 1.29 is 17.6 Å². The zero-order valence-corrected chi connectivity index (χ0v) is 14.9. The molecule has 0 amide bonds. The summed E-state index contributed by atoms with van der Waals surface area (Å²) in [7, 11) is 0. The van der Waals surface area contributed by atoms with Crippen LogP contribution in [0.5, 0.6) is 0 Å². The van der Waals surface area contributed by atoms with E-state index in [1.807, 2.05) is 18.2 Å². The first kappa shape index (κ1) is 20.7. The summed E-state index contributed by atoms with van der Waals surface area (Å²) in [5.41, 5.74) is 6.33. The maximum atomic E-state index is 13.4. The summed E-state index contributed by atoms with van der Waals surface area (Å²) < 4.78 is 52.0. The highest BCUT2D eigenvalue weighted by atomic mass is 35.5. The van der Waals surface area contributed by atoms with Gasteiger partial charge in [0.2, 0.25) is 0 Å². The van der Waals surface area contributed by atoms with E-state index in [9.17, 15) is 17.6 Å². The Morgan fingerprint density at radius 1 is 1.04 bits per heavy atom. The van der Waals surface area contributed by atoms with Crippen molar-refractivity contribution in [1.29, 1.82) is 0 Å². The summed E-state index contributed by atoms with van der Waals surface area (Å²) >= 11 is 0. The molecule has 2 aromatic rings. The van der Waals surface area contributed by atoms with E-state index in [1.54, 1.807) is 0 Å². The van der Waals surface area contributed by atoms with Crippen LogP contribution in [0.2, 0.25) is 0 Å². The number of nitrogens with zero attached hydrogens (tertiary/aromatic N) is 1. The van der Waals surface area contributed by atoms with Crippen molar-refractivity contribution in [2.24, 2.45) is 11.7 Å². The highest BCUT2D eigenvalue weighted by Gasteiger charge is 2.35. The van der Waals surface area contributed by atoms with Gasteiger partial charge in [-0.2, -0.15) is 13.2 Å². The van der Waals surface area contributed by atoms with Gasteiger partial charge in [-0.25, -0.2) is 4.39 Å². The van der Waals surface area contributed by atoms with Crippen LogP contribution in [0.1, 0.15) is 22.6 Å². The Bertz CT molecular complexity index is 721. The minimum Gasteiger partial charge on any atom is -0.330 e. The molecular formula is C19H21ClF4N2. The highest BCUT2D eigenvalue weighted by molar-refractivity contribution is 5.85. The average Bonchev–Trinajstić information content (AvgIpc) is 2.99. The number of hydrogen-bond acceptors (Lipinski definition) is 2. The van der Waals surface area contributed by atoms with Gasteiger partial charge in [-0.3, -0.25) is 4.90 Å². The molecule has 0 unspecified atom stereocenters. The molecule has 2 aromatic carbocycles. The minimum atomic E-state index is -4.68. The van der Waals surface area contributed by atoms with Crippen LogP contribution in [0, 0.1) is 11.7 Å². The molecular weight excluding hydrogens is 368 g/mol. The fourth-order valence-corrected chi connectivity index (χ4v) is 3.55. The van der Waals surface area contributed by atoms with E-state index in [-0.39, 0.29) is 24.2 Å². The van der Waals surface area contributed by atoms with E-state index in [2.05, 4.69) is 17.0 Å². The average molecular weight is 389 g/mol. The summed E-state index contributed by atoms with van der Waals surface area (Å²) in [6, 6.07) is 13.2. The maximum absolute atomic E-state index is 13.4. The largest absolute Gasteiger partial charge is 0.419 e. The lowest BCUT2D eigenvalue weighted by molar-refractivity contribution is -0.140. The van der Waals surface area contributed by atoms with Gasteiger partial charge < -0.3 is 5.73 Å². The molecule has 1 aliphatic rings. The van der Waals surface area contributed by atoms with Gasteiger partial charge in [-0.15, -0.1) is 12.4 Å². The summed E-state index contributed by atoms with van der Waals surface area (Å²) in [5, 5.41) is 0. The molecule has 0 saturated carbocycles. The molecule has 2 N–H and O–H groups in total. The van der Waals surface area contributed by atoms with Gasteiger partial charge in [-0.05, 0) is 35.7 Å². The zero-order chi connectivity index (χ0) is 18.0. The number of benzene rings is 2. The van der Waals surface area contributed by atoms with Gasteiger partial charge in [0.15, 0.2) is 0 Å². The molecule has 0 aromatic heterocycles. The van der Waals surface area contributed by atoms with E-state index in [4.69, 9.17) is 5.73 Å². The van der Waals surface area contributed by atoms with Crippen LogP contribution in [0.15, 0.2) is 48.5 Å². The van der Waals surface area contributed by atoms with Crippen molar-refractivity contribution in [3.05, 3.63) is 71.0 Å². The number of nitrogens with two attached hydrogens (primary N) is 1. The first-order chi connectivity index (χ1) is 11.9. The zero-order valence-electron chi connectivity index (χ0n) is 14.0. The monoisotopic (exact) mass is 388 g/mol. The predicted octanol–water partition coefficient (Wildman–Crippen LogP) is 4.44. The second-order valence-corrected chi connectivity index (χ2v) is 6.52. The van der Waals surface area contributed by atoms with Crippen molar-refractivity contribution in [1.82, 2.24) is 4.90 Å². The van der Waals surface area contributed by atoms with E-state index >= 15 is 0 Å². The van der Waals surface area contributed by atoms with E-state index in [0.717, 1.165) is 25.2 Å². The lowest BCUT2D eigenvalue weighted by Crippen LogP contribution is -2.23. The summed E-state index contributed by atoms with van der Waals surface area (Å²) in [6.07, 6.45) is -4.68. The van der Waals surface area contributed by atoms with Crippen molar-refractivity contribution >= 4 is 12.4 Å². The summed E-state index contributed by atoms with van der Waals surface area (Å²) in [5.74, 6) is -0.724. The Morgan fingerprint density at radius 2 is 1.73 bits per heavy atom. The van der Waals surface area contributed by atoms with Crippen LogP contribution in [0.25, 0.3) is 0 Å². The van der Waals surface area contributed by atoms with Gasteiger partial charge in [0, 0.05) is 25.6 Å². The lowest BCUT2D eigenvalue weighted by Gasteiger charge is -2.17. The molecule has 2 atom stereocenters. The number of hydrogen-bond donors (Lipinski definition) is 1. The van der Waals surface area contributed by atoms with Crippen molar-refractivity contribution in [2.75, 3.05) is 19.6 Å². The lowest BCUT2D eigenvalue weighted by atomic mass is 9.89. The molecule has 0 spiro atoms. The SMILES string of the molecule is Cl.NC[C@@H]1CN(Cc2ccc(F)c(C(F)(F)F)c2)C[C@H]1c1ccccc1. The number of likely N-dealkylation sites (tertiary alicyclic amines) is 1. The van der Waals surface area contributed by atoms with Crippen LogP contribution < -0.4 is 5.73 Å². The highest BCUT2D eigenvalue weighted by Crippen LogP contribution is 2.35. The molecule has 0 aliphatic carbocycles. The fraction of sp³-hybridized carbons (Fsp3) is 0.368.